The fraction of sp³-hybridized carbons (Fsp3) is 0.417. The smallest absolute Gasteiger partial charge is 0.231 e. The van der Waals surface area contributed by atoms with Crippen LogP contribution in [0.1, 0.15) is 43.4 Å². The second kappa shape index (κ2) is 4.07. The van der Waals surface area contributed by atoms with Gasteiger partial charge in [-0.15, -0.1) is 0 Å². The van der Waals surface area contributed by atoms with Crippen molar-refractivity contribution in [2.45, 2.75) is 32.3 Å². The molecule has 2 rings (SSSR count). The molecular weight excluding hydrogens is 226 g/mol. The van der Waals surface area contributed by atoms with Crippen molar-refractivity contribution in [2.24, 2.45) is 0 Å². The third-order valence-corrected chi connectivity index (χ3v) is 3.32. The molecule has 1 aromatic rings. The van der Waals surface area contributed by atoms with Crippen molar-refractivity contribution in [3.05, 3.63) is 28.3 Å². The highest BCUT2D eigenvalue weighted by Gasteiger charge is 2.29. The third-order valence-electron chi connectivity index (χ3n) is 3.02. The molecule has 0 saturated heterocycles. The first-order chi connectivity index (χ1) is 7.54. The lowest BCUT2D eigenvalue weighted by atomic mass is 9.97. The molecule has 2 atom stereocenters. The molecule has 2 unspecified atom stereocenters. The van der Waals surface area contributed by atoms with Crippen LogP contribution in [-0.2, 0) is 4.79 Å². The Morgan fingerprint density at radius 3 is 2.88 bits per heavy atom. The number of carbonyl (C=O) groups is 1. The van der Waals surface area contributed by atoms with Crippen LogP contribution in [0.5, 0.6) is 0 Å². The number of carbonyl (C=O) groups excluding carboxylic acids is 1. The molecule has 16 heavy (non-hydrogen) atoms. The number of rotatable bonds is 2. The van der Waals surface area contributed by atoms with Gasteiger partial charge >= 0.3 is 0 Å². The van der Waals surface area contributed by atoms with E-state index in [0.29, 0.717) is 17.1 Å². The minimum Gasteiger partial charge on any atom is -0.388 e. The largest absolute Gasteiger partial charge is 0.388 e. The van der Waals surface area contributed by atoms with Crippen molar-refractivity contribution in [1.29, 1.82) is 0 Å². The maximum absolute atomic E-state index is 11.5. The van der Waals surface area contributed by atoms with Gasteiger partial charge in [-0.05, 0) is 30.5 Å². The van der Waals surface area contributed by atoms with Crippen molar-refractivity contribution in [2.75, 3.05) is 5.32 Å². The third kappa shape index (κ3) is 1.70. The van der Waals surface area contributed by atoms with Crippen LogP contribution in [0.25, 0.3) is 0 Å². The van der Waals surface area contributed by atoms with Crippen LogP contribution in [-0.4, -0.2) is 11.0 Å². The van der Waals surface area contributed by atoms with E-state index >= 15 is 0 Å². The van der Waals surface area contributed by atoms with E-state index in [1.807, 2.05) is 19.9 Å². The summed E-state index contributed by atoms with van der Waals surface area (Å²) in [5.74, 6) is -0.239. The molecule has 1 aromatic carbocycles. The Morgan fingerprint density at radius 2 is 2.25 bits per heavy atom. The summed E-state index contributed by atoms with van der Waals surface area (Å²) in [5, 5.41) is 13.0. The predicted octanol–water partition coefficient (Wildman–Crippen LogP) is 2.84. The van der Waals surface area contributed by atoms with Gasteiger partial charge in [0.05, 0.1) is 22.7 Å². The molecule has 1 heterocycles. The fourth-order valence-electron chi connectivity index (χ4n) is 1.92. The van der Waals surface area contributed by atoms with Crippen molar-refractivity contribution < 1.29 is 9.90 Å². The van der Waals surface area contributed by atoms with Crippen LogP contribution < -0.4 is 5.32 Å². The van der Waals surface area contributed by atoms with Gasteiger partial charge in [0.25, 0.3) is 0 Å². The van der Waals surface area contributed by atoms with E-state index in [4.69, 9.17) is 11.6 Å². The van der Waals surface area contributed by atoms with Crippen molar-refractivity contribution in [3.63, 3.8) is 0 Å². The summed E-state index contributed by atoms with van der Waals surface area (Å²) in [6.07, 6.45) is 0.107. The SMILES string of the molecule is CCC(O)c1cc(Cl)c2c(c1)C(C)C(=O)N2. The van der Waals surface area contributed by atoms with E-state index < -0.39 is 6.10 Å². The monoisotopic (exact) mass is 239 g/mol. The molecule has 0 aliphatic carbocycles. The number of aliphatic hydroxyl groups excluding tert-OH is 1. The average molecular weight is 240 g/mol. The molecule has 3 nitrogen and oxygen atoms in total. The van der Waals surface area contributed by atoms with Gasteiger partial charge in [0, 0.05) is 0 Å². The number of nitrogens with one attached hydrogen (secondary N) is 1. The molecule has 0 fully saturated rings. The van der Waals surface area contributed by atoms with Gasteiger partial charge in [0.1, 0.15) is 0 Å². The van der Waals surface area contributed by atoms with Crippen molar-refractivity contribution in [3.8, 4) is 0 Å². The van der Waals surface area contributed by atoms with E-state index in [2.05, 4.69) is 5.32 Å². The zero-order valence-corrected chi connectivity index (χ0v) is 10.0. The van der Waals surface area contributed by atoms with Crippen LogP contribution in [0, 0.1) is 0 Å². The van der Waals surface area contributed by atoms with Gasteiger partial charge < -0.3 is 10.4 Å². The van der Waals surface area contributed by atoms with Gasteiger partial charge in [0.2, 0.25) is 5.91 Å². The zero-order valence-electron chi connectivity index (χ0n) is 9.25. The molecule has 2 N–H and O–H groups in total. The van der Waals surface area contributed by atoms with E-state index in [9.17, 15) is 9.90 Å². The summed E-state index contributed by atoms with van der Waals surface area (Å²) in [6, 6.07) is 3.57. The van der Waals surface area contributed by atoms with Crippen LogP contribution in [0.2, 0.25) is 5.02 Å². The van der Waals surface area contributed by atoms with Crippen LogP contribution in [0.4, 0.5) is 5.69 Å². The lowest BCUT2D eigenvalue weighted by molar-refractivity contribution is -0.116. The number of amides is 1. The molecule has 1 aliphatic rings. The number of aliphatic hydroxyl groups is 1. The average Bonchev–Trinajstić information content (AvgIpc) is 2.56. The molecule has 0 saturated carbocycles. The first-order valence-corrected chi connectivity index (χ1v) is 5.74. The van der Waals surface area contributed by atoms with E-state index in [1.165, 1.54) is 0 Å². The Balaban J connectivity index is 2.50. The fourth-order valence-corrected chi connectivity index (χ4v) is 2.21. The maximum Gasteiger partial charge on any atom is 0.231 e. The number of fused-ring (bicyclic) bond motifs is 1. The lowest BCUT2D eigenvalue weighted by Gasteiger charge is -2.12. The quantitative estimate of drug-likeness (QED) is 0.834. The second-order valence-corrected chi connectivity index (χ2v) is 4.51. The van der Waals surface area contributed by atoms with Crippen molar-refractivity contribution in [1.82, 2.24) is 0 Å². The first-order valence-electron chi connectivity index (χ1n) is 5.36. The minimum absolute atomic E-state index is 0.0416. The Hall–Kier alpha value is -1.06. The normalized spacial score (nSPS) is 20.5. The Kier molecular flexibility index (Phi) is 2.91. The molecule has 0 radical (unpaired) electrons. The molecule has 86 valence electrons. The maximum atomic E-state index is 11.5. The van der Waals surface area contributed by atoms with Crippen LogP contribution in [0.15, 0.2) is 12.1 Å². The zero-order chi connectivity index (χ0) is 11.9. The highest BCUT2D eigenvalue weighted by Crippen LogP contribution is 2.39. The van der Waals surface area contributed by atoms with Gasteiger partial charge in [-0.2, -0.15) is 0 Å². The van der Waals surface area contributed by atoms with Gasteiger partial charge in [-0.3, -0.25) is 4.79 Å². The summed E-state index contributed by atoms with van der Waals surface area (Å²) in [5.41, 5.74) is 2.33. The summed E-state index contributed by atoms with van der Waals surface area (Å²) < 4.78 is 0. The molecular formula is C12H14ClNO2. The number of benzene rings is 1. The number of hydrogen-bond acceptors (Lipinski definition) is 2. The van der Waals surface area contributed by atoms with Gasteiger partial charge in [-0.1, -0.05) is 24.6 Å². The highest BCUT2D eigenvalue weighted by molar-refractivity contribution is 6.34. The second-order valence-electron chi connectivity index (χ2n) is 4.10. The summed E-state index contributed by atoms with van der Waals surface area (Å²) in [6.45, 7) is 3.73. The topological polar surface area (TPSA) is 49.3 Å². The number of halogens is 1. The van der Waals surface area contributed by atoms with E-state index in [-0.39, 0.29) is 11.8 Å². The predicted molar refractivity (Wildman–Crippen MR) is 63.7 cm³/mol. The standard InChI is InChI=1S/C12H14ClNO2/c1-3-10(15)7-4-8-6(2)12(16)14-11(8)9(13)5-7/h4-6,10,15H,3H2,1-2H3,(H,14,16). The molecule has 0 spiro atoms. The Labute approximate surface area is 99.4 Å². The lowest BCUT2D eigenvalue weighted by Crippen LogP contribution is -2.08. The molecule has 0 aromatic heterocycles. The van der Waals surface area contributed by atoms with Crippen LogP contribution >= 0.6 is 11.6 Å². The van der Waals surface area contributed by atoms with Crippen LogP contribution in [0.3, 0.4) is 0 Å². The van der Waals surface area contributed by atoms with E-state index in [1.54, 1.807) is 6.07 Å². The summed E-state index contributed by atoms with van der Waals surface area (Å²) in [7, 11) is 0. The highest BCUT2D eigenvalue weighted by atomic mass is 35.5. The molecule has 1 aliphatic heterocycles. The molecule has 1 amide bonds. The van der Waals surface area contributed by atoms with Gasteiger partial charge in [-0.25, -0.2) is 0 Å². The van der Waals surface area contributed by atoms with E-state index in [0.717, 1.165) is 11.1 Å². The number of hydrogen-bond donors (Lipinski definition) is 2. The summed E-state index contributed by atoms with van der Waals surface area (Å²) >= 11 is 6.08. The first kappa shape index (κ1) is 11.4. The summed E-state index contributed by atoms with van der Waals surface area (Å²) in [4.78, 5) is 11.5. The number of anilines is 1. The molecule has 4 heteroatoms. The molecule has 0 bridgehead atoms. The van der Waals surface area contributed by atoms with Gasteiger partial charge in [0.15, 0.2) is 0 Å². The Bertz CT molecular complexity index is 445. The Morgan fingerprint density at radius 1 is 1.56 bits per heavy atom. The minimum atomic E-state index is -0.522. The van der Waals surface area contributed by atoms with Crippen molar-refractivity contribution >= 4 is 23.2 Å².